The summed E-state index contributed by atoms with van der Waals surface area (Å²) < 4.78 is 19.0. The third-order valence-corrected chi connectivity index (χ3v) is 2.25. The monoisotopic (exact) mass is 267 g/mol. The smallest absolute Gasteiger partial charge is 0.463 e. The minimum atomic E-state index is -0.866. The summed E-state index contributed by atoms with van der Waals surface area (Å²) in [5.41, 5.74) is 1.46. The van der Waals surface area contributed by atoms with Crippen LogP contribution in [0.15, 0.2) is 22.8 Å². The number of aromatic nitrogens is 1. The molecule has 2 aromatic heterocycles. The lowest BCUT2D eigenvalue weighted by Crippen LogP contribution is -2.14. The zero-order valence-electron chi connectivity index (χ0n) is 10.3. The molecule has 0 bridgehead atoms. The molecule has 7 heteroatoms. The van der Waals surface area contributed by atoms with Gasteiger partial charge in [0.1, 0.15) is 5.69 Å². The molecule has 0 amide bonds. The van der Waals surface area contributed by atoms with Crippen LogP contribution in [0.3, 0.4) is 0 Å². The Labute approximate surface area is 108 Å². The second-order valence-electron chi connectivity index (χ2n) is 3.67. The molecule has 0 radical (unpaired) electrons. The van der Waals surface area contributed by atoms with Gasteiger partial charge in [-0.25, -0.2) is 9.59 Å². The van der Waals surface area contributed by atoms with Crippen LogP contribution >= 0.6 is 0 Å². The second kappa shape index (κ2) is 5.94. The molecule has 2 heterocycles. The Morgan fingerprint density at radius 1 is 1.32 bits per heavy atom. The molecule has 1 N–H and O–H groups in total. The molecule has 0 saturated heterocycles. The number of nitrogens with one attached hydrogen (secondary N) is 1. The third-order valence-electron chi connectivity index (χ3n) is 2.25. The van der Waals surface area contributed by atoms with Gasteiger partial charge >= 0.3 is 12.1 Å². The van der Waals surface area contributed by atoms with E-state index in [9.17, 15) is 9.59 Å². The van der Waals surface area contributed by atoms with Crippen LogP contribution in [0.1, 0.15) is 23.8 Å². The topological polar surface area (TPSA) is 90.8 Å². The second-order valence-corrected chi connectivity index (χ2v) is 3.67. The molecule has 0 aliphatic rings. The van der Waals surface area contributed by atoms with Crippen molar-refractivity contribution in [3.63, 3.8) is 0 Å². The number of esters is 1. The Kier molecular flexibility index (Phi) is 4.07. The number of aromatic amines is 1. The highest BCUT2D eigenvalue weighted by molar-refractivity contribution is 5.93. The summed E-state index contributed by atoms with van der Waals surface area (Å²) in [7, 11) is 0. The van der Waals surface area contributed by atoms with E-state index in [0.29, 0.717) is 17.5 Å². The summed E-state index contributed by atoms with van der Waals surface area (Å²) in [4.78, 5) is 25.3. The van der Waals surface area contributed by atoms with E-state index in [0.717, 1.165) is 0 Å². The molecule has 0 unspecified atom stereocenters. The highest BCUT2D eigenvalue weighted by atomic mass is 16.8. The van der Waals surface area contributed by atoms with Crippen LogP contribution in [0.4, 0.5) is 4.79 Å². The van der Waals surface area contributed by atoms with Crippen molar-refractivity contribution in [3.8, 4) is 0 Å². The SMILES string of the molecule is CCCOC(=O)OCOC(=O)c1cc2occc2[nH]1. The number of rotatable bonds is 5. The first-order chi connectivity index (χ1) is 9.20. The number of fused-ring (bicyclic) bond motifs is 1. The fraction of sp³-hybridized carbons (Fsp3) is 0.333. The van der Waals surface area contributed by atoms with Crippen LogP contribution in [0, 0.1) is 0 Å². The minimum Gasteiger partial charge on any atom is -0.463 e. The first-order valence-corrected chi connectivity index (χ1v) is 5.73. The quantitative estimate of drug-likeness (QED) is 0.660. The van der Waals surface area contributed by atoms with Gasteiger partial charge < -0.3 is 23.6 Å². The van der Waals surface area contributed by atoms with Crippen molar-refractivity contribution < 1.29 is 28.2 Å². The number of carbonyl (C=O) groups is 2. The summed E-state index contributed by atoms with van der Waals surface area (Å²) in [5, 5.41) is 0. The molecular weight excluding hydrogens is 254 g/mol. The molecular formula is C12H13NO6. The van der Waals surface area contributed by atoms with E-state index in [-0.39, 0.29) is 12.3 Å². The molecule has 0 aromatic carbocycles. The average molecular weight is 267 g/mol. The fourth-order valence-corrected chi connectivity index (χ4v) is 1.39. The normalized spacial score (nSPS) is 10.4. The van der Waals surface area contributed by atoms with Crippen molar-refractivity contribution in [3.05, 3.63) is 24.1 Å². The summed E-state index contributed by atoms with van der Waals surface area (Å²) in [6.07, 6.45) is 1.33. The molecule has 0 fully saturated rings. The lowest BCUT2D eigenvalue weighted by Gasteiger charge is -2.05. The van der Waals surface area contributed by atoms with Crippen molar-refractivity contribution in [1.29, 1.82) is 0 Å². The van der Waals surface area contributed by atoms with Gasteiger partial charge in [0.05, 0.1) is 18.4 Å². The van der Waals surface area contributed by atoms with Crippen molar-refractivity contribution in [1.82, 2.24) is 4.98 Å². The van der Waals surface area contributed by atoms with Crippen molar-refractivity contribution in [2.75, 3.05) is 13.4 Å². The predicted octanol–water partition coefficient (Wildman–Crippen LogP) is 2.44. The standard InChI is InChI=1S/C12H13NO6/c1-2-4-17-12(15)19-7-18-11(14)9-6-10-8(13-9)3-5-16-10/h3,5-6,13H,2,4,7H2,1H3. The Morgan fingerprint density at radius 2 is 2.16 bits per heavy atom. The third kappa shape index (κ3) is 3.27. The number of ether oxygens (including phenoxy) is 3. The van der Waals surface area contributed by atoms with Crippen LogP contribution in [0.25, 0.3) is 11.1 Å². The molecule has 0 spiro atoms. The van der Waals surface area contributed by atoms with Crippen LogP contribution in [0.2, 0.25) is 0 Å². The number of hydrogen-bond donors (Lipinski definition) is 1. The van der Waals surface area contributed by atoms with Crippen molar-refractivity contribution in [2.45, 2.75) is 13.3 Å². The maximum atomic E-state index is 11.6. The molecule has 7 nitrogen and oxygen atoms in total. The zero-order chi connectivity index (χ0) is 13.7. The molecule has 102 valence electrons. The van der Waals surface area contributed by atoms with Gasteiger partial charge in [-0.05, 0) is 6.42 Å². The molecule has 2 aromatic rings. The molecule has 0 saturated carbocycles. The van der Waals surface area contributed by atoms with Gasteiger partial charge in [0, 0.05) is 12.1 Å². The number of furan rings is 1. The summed E-state index contributed by atoms with van der Waals surface area (Å²) >= 11 is 0. The largest absolute Gasteiger partial charge is 0.511 e. The fourth-order valence-electron chi connectivity index (χ4n) is 1.39. The van der Waals surface area contributed by atoms with Crippen LogP contribution < -0.4 is 0 Å². The van der Waals surface area contributed by atoms with Gasteiger partial charge in [-0.1, -0.05) is 6.92 Å². The van der Waals surface area contributed by atoms with E-state index in [4.69, 9.17) is 9.15 Å². The zero-order valence-corrected chi connectivity index (χ0v) is 10.3. The number of carbonyl (C=O) groups excluding carboxylic acids is 2. The Balaban J connectivity index is 1.78. The van der Waals surface area contributed by atoms with Gasteiger partial charge in [0.15, 0.2) is 5.58 Å². The Bertz CT molecular complexity index is 541. The van der Waals surface area contributed by atoms with Crippen LogP contribution in [-0.2, 0) is 14.2 Å². The molecule has 0 aliphatic carbocycles. The van der Waals surface area contributed by atoms with E-state index >= 15 is 0 Å². The lowest BCUT2D eigenvalue weighted by molar-refractivity contribution is -0.0276. The number of hydrogen-bond acceptors (Lipinski definition) is 6. The van der Waals surface area contributed by atoms with Gasteiger partial charge in [-0.2, -0.15) is 0 Å². The summed E-state index contributed by atoms with van der Waals surface area (Å²) in [5.74, 6) is -0.644. The van der Waals surface area contributed by atoms with E-state index in [1.807, 2.05) is 6.92 Å². The maximum Gasteiger partial charge on any atom is 0.511 e. The summed E-state index contributed by atoms with van der Waals surface area (Å²) in [6, 6.07) is 3.19. The molecule has 0 aliphatic heterocycles. The van der Waals surface area contributed by atoms with E-state index < -0.39 is 18.9 Å². The lowest BCUT2D eigenvalue weighted by atomic mass is 10.4. The molecule has 0 atom stereocenters. The maximum absolute atomic E-state index is 11.6. The van der Waals surface area contributed by atoms with E-state index in [1.54, 1.807) is 6.07 Å². The van der Waals surface area contributed by atoms with Gasteiger partial charge in [0.2, 0.25) is 6.79 Å². The molecule has 2 rings (SSSR count). The first-order valence-electron chi connectivity index (χ1n) is 5.73. The Hall–Kier alpha value is -2.44. The number of H-pyrrole nitrogens is 1. The van der Waals surface area contributed by atoms with E-state index in [2.05, 4.69) is 14.5 Å². The highest BCUT2D eigenvalue weighted by Gasteiger charge is 2.13. The van der Waals surface area contributed by atoms with Gasteiger partial charge in [-0.3, -0.25) is 0 Å². The van der Waals surface area contributed by atoms with Crippen molar-refractivity contribution >= 4 is 23.2 Å². The minimum absolute atomic E-state index is 0.222. The summed E-state index contributed by atoms with van der Waals surface area (Å²) in [6.45, 7) is 1.62. The average Bonchev–Trinajstić information content (AvgIpc) is 2.96. The first kappa shape index (κ1) is 13.0. The van der Waals surface area contributed by atoms with Gasteiger partial charge in [0.25, 0.3) is 0 Å². The molecule has 19 heavy (non-hydrogen) atoms. The van der Waals surface area contributed by atoms with Crippen molar-refractivity contribution in [2.24, 2.45) is 0 Å². The highest BCUT2D eigenvalue weighted by Crippen LogP contribution is 2.16. The van der Waals surface area contributed by atoms with Crippen LogP contribution in [-0.4, -0.2) is 30.5 Å². The van der Waals surface area contributed by atoms with E-state index in [1.165, 1.54) is 12.3 Å². The predicted molar refractivity (Wildman–Crippen MR) is 63.6 cm³/mol. The van der Waals surface area contributed by atoms with Gasteiger partial charge in [-0.15, -0.1) is 0 Å². The Morgan fingerprint density at radius 3 is 2.89 bits per heavy atom. The van der Waals surface area contributed by atoms with Crippen LogP contribution in [0.5, 0.6) is 0 Å².